The molecule has 0 fully saturated rings. The summed E-state index contributed by atoms with van der Waals surface area (Å²) in [7, 11) is 0. The molecule has 2 aromatic rings. The molecule has 0 saturated carbocycles. The van der Waals surface area contributed by atoms with E-state index in [1.807, 2.05) is 31.2 Å². The first kappa shape index (κ1) is 17.7. The molecular formula is C18H20N4O4. The van der Waals surface area contributed by atoms with E-state index in [4.69, 9.17) is 15.2 Å². The summed E-state index contributed by atoms with van der Waals surface area (Å²) in [5.74, 6) is -0.458. The van der Waals surface area contributed by atoms with Gasteiger partial charge < -0.3 is 20.5 Å². The third-order valence-electron chi connectivity index (χ3n) is 3.92. The second kappa shape index (κ2) is 6.62. The second-order valence-corrected chi connectivity index (χ2v) is 6.64. The Hall–Kier alpha value is -3.16. The third kappa shape index (κ3) is 3.58. The number of nitrogens with zero attached hydrogens (tertiary/aromatic N) is 2. The van der Waals surface area contributed by atoms with Gasteiger partial charge >= 0.3 is 0 Å². The van der Waals surface area contributed by atoms with Crippen LogP contribution in [0, 0.1) is 6.92 Å². The smallest absolute Gasteiger partial charge is 0.271 e. The van der Waals surface area contributed by atoms with Gasteiger partial charge in [0.1, 0.15) is 0 Å². The van der Waals surface area contributed by atoms with Crippen molar-refractivity contribution in [2.45, 2.75) is 32.7 Å². The van der Waals surface area contributed by atoms with E-state index in [1.54, 1.807) is 13.8 Å². The van der Waals surface area contributed by atoms with Crippen molar-refractivity contribution in [1.82, 2.24) is 15.3 Å². The Morgan fingerprint density at radius 3 is 2.73 bits per heavy atom. The molecule has 0 saturated heterocycles. The molecular weight excluding hydrogens is 336 g/mol. The number of aromatic nitrogens is 2. The molecule has 8 heteroatoms. The van der Waals surface area contributed by atoms with Crippen LogP contribution in [0.5, 0.6) is 11.6 Å². The fraction of sp³-hybridized carbons (Fsp3) is 0.333. The molecule has 2 heterocycles. The fourth-order valence-electron chi connectivity index (χ4n) is 2.70. The number of nitrogens with two attached hydrogens (primary N) is 1. The Morgan fingerprint density at radius 2 is 2.04 bits per heavy atom. The van der Waals surface area contributed by atoms with Gasteiger partial charge in [-0.3, -0.25) is 9.59 Å². The molecule has 0 bridgehead atoms. The summed E-state index contributed by atoms with van der Waals surface area (Å²) in [6.07, 6.45) is 0.221. The van der Waals surface area contributed by atoms with Crippen LogP contribution in [0.2, 0.25) is 0 Å². The highest BCUT2D eigenvalue weighted by atomic mass is 16.7. The average Bonchev–Trinajstić information content (AvgIpc) is 3.01. The summed E-state index contributed by atoms with van der Waals surface area (Å²) in [5, 5.41) is 2.89. The normalized spacial score (nSPS) is 12.7. The minimum Gasteiger partial charge on any atom is -0.449 e. The molecule has 8 nitrogen and oxygen atoms in total. The number of benzene rings is 1. The molecule has 3 rings (SSSR count). The maximum atomic E-state index is 12.5. The average molecular weight is 356 g/mol. The molecule has 1 aromatic heterocycles. The number of hydrogen-bond acceptors (Lipinski definition) is 6. The van der Waals surface area contributed by atoms with Crippen LogP contribution >= 0.6 is 0 Å². The van der Waals surface area contributed by atoms with Crippen LogP contribution in [-0.2, 0) is 16.8 Å². The minimum absolute atomic E-state index is 0.0616. The number of amides is 2. The highest BCUT2D eigenvalue weighted by Gasteiger charge is 2.32. The first-order valence-corrected chi connectivity index (χ1v) is 8.11. The van der Waals surface area contributed by atoms with Crippen molar-refractivity contribution in [3.8, 4) is 11.6 Å². The van der Waals surface area contributed by atoms with Crippen molar-refractivity contribution < 1.29 is 19.1 Å². The largest absolute Gasteiger partial charge is 0.449 e. The maximum absolute atomic E-state index is 12.5. The highest BCUT2D eigenvalue weighted by molar-refractivity contribution is 5.94. The first-order chi connectivity index (χ1) is 12.3. The monoisotopic (exact) mass is 356 g/mol. The van der Waals surface area contributed by atoms with Crippen LogP contribution < -0.4 is 20.5 Å². The summed E-state index contributed by atoms with van der Waals surface area (Å²) in [6, 6.07) is 7.72. The predicted molar refractivity (Wildman–Crippen MR) is 92.7 cm³/mol. The van der Waals surface area contributed by atoms with Gasteiger partial charge in [0, 0.05) is 0 Å². The van der Waals surface area contributed by atoms with Gasteiger partial charge in [-0.1, -0.05) is 29.8 Å². The summed E-state index contributed by atoms with van der Waals surface area (Å²) in [6.45, 7) is 5.39. The van der Waals surface area contributed by atoms with E-state index in [0.29, 0.717) is 0 Å². The number of aryl methyl sites for hydroxylation is 1. The zero-order chi connectivity index (χ0) is 18.9. The lowest BCUT2D eigenvalue weighted by molar-refractivity contribution is -0.122. The van der Waals surface area contributed by atoms with E-state index in [0.717, 1.165) is 11.1 Å². The number of rotatable bonds is 5. The number of fused-ring (bicyclic) bond motifs is 1. The van der Waals surface area contributed by atoms with E-state index in [-0.39, 0.29) is 42.3 Å². The van der Waals surface area contributed by atoms with Crippen LogP contribution in [0.25, 0.3) is 0 Å². The van der Waals surface area contributed by atoms with Gasteiger partial charge in [-0.15, -0.1) is 0 Å². The number of ether oxygens (including phenoxy) is 2. The van der Waals surface area contributed by atoms with Gasteiger partial charge in [0.2, 0.25) is 18.4 Å². The number of nitrogens with one attached hydrogen (secondary N) is 1. The third-order valence-corrected chi connectivity index (χ3v) is 3.92. The Bertz CT molecular complexity index is 879. The summed E-state index contributed by atoms with van der Waals surface area (Å²) in [5.41, 5.74) is 6.35. The lowest BCUT2D eigenvalue weighted by atomic mass is 10.0. The second-order valence-electron chi connectivity index (χ2n) is 6.64. The van der Waals surface area contributed by atoms with Crippen molar-refractivity contribution >= 4 is 11.8 Å². The van der Waals surface area contributed by atoms with Gasteiger partial charge in [-0.25, -0.2) is 4.98 Å². The molecule has 1 aliphatic rings. The van der Waals surface area contributed by atoms with Crippen LogP contribution in [-0.4, -0.2) is 28.6 Å². The SMILES string of the molecule is Cc1cccc(CC(=O)NC(C)(C)c2nc3c(c(C(N)=O)n2)OCO3)c1. The van der Waals surface area contributed by atoms with Gasteiger partial charge in [-0.05, 0) is 26.3 Å². The standard InChI is InChI=1S/C18H20N4O4/c1-10-5-4-6-11(7-10)8-12(23)22-18(2,3)17-20-13(15(19)24)14-16(21-17)26-9-25-14/h4-7H,8-9H2,1-3H3,(H2,19,24)(H,22,23). The maximum Gasteiger partial charge on any atom is 0.271 e. The Balaban J connectivity index is 1.82. The van der Waals surface area contributed by atoms with Crippen molar-refractivity contribution in [3.05, 3.63) is 46.9 Å². The molecule has 1 aromatic carbocycles. The topological polar surface area (TPSA) is 116 Å². The fourth-order valence-corrected chi connectivity index (χ4v) is 2.70. The highest BCUT2D eigenvalue weighted by Crippen LogP contribution is 2.34. The Labute approximate surface area is 150 Å². The molecule has 0 unspecified atom stereocenters. The summed E-state index contributed by atoms with van der Waals surface area (Å²) < 4.78 is 10.4. The van der Waals surface area contributed by atoms with Crippen LogP contribution in [0.15, 0.2) is 24.3 Å². The van der Waals surface area contributed by atoms with Gasteiger partial charge in [0.25, 0.3) is 11.8 Å². The summed E-state index contributed by atoms with van der Waals surface area (Å²) in [4.78, 5) is 32.5. The van der Waals surface area contributed by atoms with Gasteiger partial charge in [0.15, 0.2) is 11.5 Å². The molecule has 0 atom stereocenters. The van der Waals surface area contributed by atoms with E-state index in [1.165, 1.54) is 0 Å². The van der Waals surface area contributed by atoms with Crippen molar-refractivity contribution in [2.75, 3.05) is 6.79 Å². The number of carbonyl (C=O) groups is 2. The molecule has 0 aliphatic carbocycles. The van der Waals surface area contributed by atoms with Crippen molar-refractivity contribution in [3.63, 3.8) is 0 Å². The van der Waals surface area contributed by atoms with Gasteiger partial charge in [-0.2, -0.15) is 4.98 Å². The van der Waals surface area contributed by atoms with Crippen LogP contribution in [0.1, 0.15) is 41.3 Å². The molecule has 2 amide bonds. The zero-order valence-corrected chi connectivity index (χ0v) is 14.8. The van der Waals surface area contributed by atoms with E-state index >= 15 is 0 Å². The first-order valence-electron chi connectivity index (χ1n) is 8.11. The molecule has 1 aliphatic heterocycles. The molecule has 26 heavy (non-hydrogen) atoms. The zero-order valence-electron chi connectivity index (χ0n) is 14.8. The minimum atomic E-state index is -0.938. The molecule has 136 valence electrons. The lowest BCUT2D eigenvalue weighted by Gasteiger charge is -2.25. The van der Waals surface area contributed by atoms with Gasteiger partial charge in [0.05, 0.1) is 12.0 Å². The Morgan fingerprint density at radius 1 is 1.27 bits per heavy atom. The molecule has 3 N–H and O–H groups in total. The Kier molecular flexibility index (Phi) is 4.50. The lowest BCUT2D eigenvalue weighted by Crippen LogP contribution is -2.43. The summed E-state index contributed by atoms with van der Waals surface area (Å²) >= 11 is 0. The predicted octanol–water partition coefficient (Wildman–Crippen LogP) is 1.21. The number of hydrogen-bond donors (Lipinski definition) is 2. The van der Waals surface area contributed by atoms with Crippen LogP contribution in [0.3, 0.4) is 0 Å². The van der Waals surface area contributed by atoms with Crippen molar-refractivity contribution in [2.24, 2.45) is 5.73 Å². The quantitative estimate of drug-likeness (QED) is 0.832. The van der Waals surface area contributed by atoms with E-state index in [2.05, 4.69) is 15.3 Å². The van der Waals surface area contributed by atoms with Crippen LogP contribution in [0.4, 0.5) is 0 Å². The number of carbonyl (C=O) groups excluding carboxylic acids is 2. The molecule has 0 radical (unpaired) electrons. The van der Waals surface area contributed by atoms with E-state index < -0.39 is 11.4 Å². The van der Waals surface area contributed by atoms with E-state index in [9.17, 15) is 9.59 Å². The van der Waals surface area contributed by atoms with Crippen molar-refractivity contribution in [1.29, 1.82) is 0 Å². The molecule has 0 spiro atoms. The number of primary amides is 1.